The summed E-state index contributed by atoms with van der Waals surface area (Å²) in [5.41, 5.74) is 6.22. The molecule has 8 nitrogen and oxygen atoms in total. The lowest BCUT2D eigenvalue weighted by atomic mass is 10.1. The molecule has 0 unspecified atom stereocenters. The summed E-state index contributed by atoms with van der Waals surface area (Å²) in [4.78, 5) is 13.2. The van der Waals surface area contributed by atoms with Gasteiger partial charge < -0.3 is 15.2 Å². The van der Waals surface area contributed by atoms with Crippen LogP contribution >= 0.6 is 0 Å². The monoisotopic (exact) mass is 263 g/mol. The Balaban J connectivity index is 2.12. The molecule has 1 aromatic heterocycles. The average Bonchev–Trinajstić information content (AvgIpc) is 2.81. The van der Waals surface area contributed by atoms with Crippen molar-refractivity contribution in [3.05, 3.63) is 29.6 Å². The van der Waals surface area contributed by atoms with E-state index in [2.05, 4.69) is 15.4 Å². The molecule has 0 radical (unpaired) electrons. The lowest BCUT2D eigenvalue weighted by molar-refractivity contribution is 0.0459. The number of rotatable bonds is 4. The molecule has 2 aromatic rings. The van der Waals surface area contributed by atoms with E-state index in [4.69, 9.17) is 15.2 Å². The number of ether oxygens (including phenoxy) is 2. The summed E-state index contributed by atoms with van der Waals surface area (Å²) >= 11 is 0. The molecule has 0 saturated carbocycles. The predicted octanol–water partition coefficient (Wildman–Crippen LogP) is 0.158. The fraction of sp³-hybridized carbons (Fsp3) is 0.273. The van der Waals surface area contributed by atoms with Gasteiger partial charge in [-0.3, -0.25) is 0 Å². The molecular weight excluding hydrogens is 250 g/mol. The van der Waals surface area contributed by atoms with E-state index in [1.807, 2.05) is 0 Å². The molecule has 1 heterocycles. The zero-order valence-corrected chi connectivity index (χ0v) is 10.5. The van der Waals surface area contributed by atoms with Gasteiger partial charge in [-0.25, -0.2) is 4.79 Å². The maximum Gasteiger partial charge on any atom is 0.344 e. The Morgan fingerprint density at radius 2 is 2.26 bits per heavy atom. The van der Waals surface area contributed by atoms with Gasteiger partial charge in [-0.2, -0.15) is 4.80 Å². The second-order valence-electron chi connectivity index (χ2n) is 3.70. The van der Waals surface area contributed by atoms with E-state index >= 15 is 0 Å². The van der Waals surface area contributed by atoms with Crippen molar-refractivity contribution in [1.29, 1.82) is 0 Å². The van der Waals surface area contributed by atoms with Crippen LogP contribution in [0, 0.1) is 0 Å². The lowest BCUT2D eigenvalue weighted by Gasteiger charge is -2.09. The smallest absolute Gasteiger partial charge is 0.344 e. The van der Waals surface area contributed by atoms with Gasteiger partial charge in [-0.15, -0.1) is 10.2 Å². The van der Waals surface area contributed by atoms with Crippen LogP contribution in [0.5, 0.6) is 5.75 Å². The molecule has 100 valence electrons. The maximum absolute atomic E-state index is 12.0. The molecule has 0 saturated heterocycles. The van der Waals surface area contributed by atoms with Crippen molar-refractivity contribution in [1.82, 2.24) is 20.2 Å². The third kappa shape index (κ3) is 2.79. The molecule has 0 aliphatic carbocycles. The highest BCUT2D eigenvalue weighted by Gasteiger charge is 2.18. The first-order chi connectivity index (χ1) is 9.11. The summed E-state index contributed by atoms with van der Waals surface area (Å²) in [7, 11) is 3.08. The number of hydrogen-bond acceptors (Lipinski definition) is 7. The highest BCUT2D eigenvalue weighted by Crippen LogP contribution is 2.25. The number of nitrogens with zero attached hydrogens (tertiary/aromatic N) is 4. The molecule has 2 rings (SSSR count). The summed E-state index contributed by atoms with van der Waals surface area (Å²) < 4.78 is 10.1. The van der Waals surface area contributed by atoms with Crippen LogP contribution in [0.25, 0.3) is 0 Å². The SMILES string of the molecule is COc1cccc(N)c1C(=O)OCc1nnn(C)n1. The number of methoxy groups -OCH3 is 1. The molecular formula is C11H13N5O3. The zero-order valence-electron chi connectivity index (χ0n) is 10.5. The first kappa shape index (κ1) is 12.8. The molecule has 0 aliphatic heterocycles. The molecule has 19 heavy (non-hydrogen) atoms. The number of nitrogen functional groups attached to an aromatic ring is 1. The fourth-order valence-electron chi connectivity index (χ4n) is 1.52. The minimum atomic E-state index is -0.595. The molecule has 8 heteroatoms. The molecule has 0 fully saturated rings. The number of nitrogens with two attached hydrogens (primary N) is 1. The summed E-state index contributed by atoms with van der Waals surface area (Å²) in [6, 6.07) is 4.92. The van der Waals surface area contributed by atoms with Gasteiger partial charge in [-0.1, -0.05) is 6.07 Å². The molecule has 2 N–H and O–H groups in total. The standard InChI is InChI=1S/C11H13N5O3/c1-16-14-9(13-15-16)6-19-11(17)10-7(12)4-3-5-8(10)18-2/h3-5H,6,12H2,1-2H3. The van der Waals surface area contributed by atoms with Crippen molar-refractivity contribution in [3.8, 4) is 5.75 Å². The topological polar surface area (TPSA) is 105 Å². The van der Waals surface area contributed by atoms with Crippen molar-refractivity contribution in [3.63, 3.8) is 0 Å². The molecule has 0 bridgehead atoms. The Bertz CT molecular complexity index is 596. The van der Waals surface area contributed by atoms with Crippen LogP contribution in [0.3, 0.4) is 0 Å². The minimum absolute atomic E-state index is 0.0792. The highest BCUT2D eigenvalue weighted by atomic mass is 16.5. The average molecular weight is 263 g/mol. The van der Waals surface area contributed by atoms with E-state index in [-0.39, 0.29) is 17.9 Å². The zero-order chi connectivity index (χ0) is 13.8. The van der Waals surface area contributed by atoms with Crippen LogP contribution in [0.1, 0.15) is 16.2 Å². The van der Waals surface area contributed by atoms with Gasteiger partial charge in [0, 0.05) is 5.69 Å². The van der Waals surface area contributed by atoms with Crippen molar-refractivity contribution >= 4 is 11.7 Å². The number of anilines is 1. The number of aryl methyl sites for hydroxylation is 1. The highest BCUT2D eigenvalue weighted by molar-refractivity contribution is 5.98. The fourth-order valence-corrected chi connectivity index (χ4v) is 1.52. The summed E-state index contributed by atoms with van der Waals surface area (Å²) in [5, 5.41) is 11.2. The van der Waals surface area contributed by atoms with Crippen LogP contribution in [0.2, 0.25) is 0 Å². The van der Waals surface area contributed by atoms with Gasteiger partial charge in [0.25, 0.3) is 0 Å². The first-order valence-electron chi connectivity index (χ1n) is 5.44. The van der Waals surface area contributed by atoms with E-state index in [0.717, 1.165) is 0 Å². The van der Waals surface area contributed by atoms with Crippen molar-refractivity contribution in [2.45, 2.75) is 6.61 Å². The quantitative estimate of drug-likeness (QED) is 0.618. The number of aromatic nitrogens is 4. The summed E-state index contributed by atoms with van der Waals surface area (Å²) in [6.45, 7) is -0.0792. The second-order valence-corrected chi connectivity index (χ2v) is 3.70. The Hall–Kier alpha value is -2.64. The largest absolute Gasteiger partial charge is 0.496 e. The second kappa shape index (κ2) is 5.34. The normalized spacial score (nSPS) is 10.2. The Morgan fingerprint density at radius 3 is 2.89 bits per heavy atom. The number of benzene rings is 1. The van der Waals surface area contributed by atoms with E-state index < -0.39 is 5.97 Å². The predicted molar refractivity (Wildman–Crippen MR) is 65.3 cm³/mol. The number of esters is 1. The van der Waals surface area contributed by atoms with Gasteiger partial charge in [-0.05, 0) is 17.3 Å². The van der Waals surface area contributed by atoms with Crippen LogP contribution in [-0.4, -0.2) is 33.3 Å². The third-order valence-electron chi connectivity index (χ3n) is 2.36. The minimum Gasteiger partial charge on any atom is -0.496 e. The van der Waals surface area contributed by atoms with Crippen LogP contribution in [-0.2, 0) is 18.4 Å². The number of tetrazole rings is 1. The van der Waals surface area contributed by atoms with E-state index in [9.17, 15) is 4.79 Å². The van der Waals surface area contributed by atoms with Crippen LogP contribution in [0.4, 0.5) is 5.69 Å². The maximum atomic E-state index is 12.0. The third-order valence-corrected chi connectivity index (χ3v) is 2.36. The van der Waals surface area contributed by atoms with Gasteiger partial charge in [0.15, 0.2) is 6.61 Å². The van der Waals surface area contributed by atoms with Crippen LogP contribution < -0.4 is 10.5 Å². The number of carbonyl (C=O) groups is 1. The molecule has 1 aromatic carbocycles. The van der Waals surface area contributed by atoms with Gasteiger partial charge >= 0.3 is 5.97 Å². The molecule has 0 amide bonds. The Kier molecular flexibility index (Phi) is 3.60. The lowest BCUT2D eigenvalue weighted by Crippen LogP contribution is -2.10. The van der Waals surface area contributed by atoms with Crippen LogP contribution in [0.15, 0.2) is 18.2 Å². The van der Waals surface area contributed by atoms with Gasteiger partial charge in [0.2, 0.25) is 5.82 Å². The summed E-state index contributed by atoms with van der Waals surface area (Å²) in [5.74, 6) is 0.0730. The van der Waals surface area contributed by atoms with E-state index in [1.165, 1.54) is 11.9 Å². The number of hydrogen-bond donors (Lipinski definition) is 1. The summed E-state index contributed by atoms with van der Waals surface area (Å²) in [6.07, 6.45) is 0. The van der Waals surface area contributed by atoms with Crippen molar-refractivity contribution in [2.75, 3.05) is 12.8 Å². The molecule has 0 spiro atoms. The Labute approximate surface area is 109 Å². The van der Waals surface area contributed by atoms with E-state index in [1.54, 1.807) is 25.2 Å². The van der Waals surface area contributed by atoms with Gasteiger partial charge in [0.1, 0.15) is 11.3 Å². The van der Waals surface area contributed by atoms with Crippen molar-refractivity contribution < 1.29 is 14.3 Å². The van der Waals surface area contributed by atoms with Crippen molar-refractivity contribution in [2.24, 2.45) is 7.05 Å². The van der Waals surface area contributed by atoms with E-state index in [0.29, 0.717) is 11.6 Å². The number of carbonyl (C=O) groups excluding carboxylic acids is 1. The van der Waals surface area contributed by atoms with Gasteiger partial charge in [0.05, 0.1) is 14.2 Å². The first-order valence-corrected chi connectivity index (χ1v) is 5.44. The molecule has 0 atom stereocenters. The Morgan fingerprint density at radius 1 is 1.47 bits per heavy atom. The molecule has 0 aliphatic rings.